The molecular formula is C34H41N3O10. The Kier molecular flexibility index (Phi) is 10.6. The van der Waals surface area contributed by atoms with Crippen LogP contribution in [0.25, 0.3) is 22.1 Å². The molecule has 0 radical (unpaired) electrons. The van der Waals surface area contributed by atoms with Gasteiger partial charge in [0.2, 0.25) is 6.29 Å². The molecule has 0 spiro atoms. The van der Waals surface area contributed by atoms with Gasteiger partial charge >= 0.3 is 5.97 Å². The topological polar surface area (TPSA) is 207 Å². The highest BCUT2D eigenvalue weighted by Gasteiger charge is 2.58. The van der Waals surface area contributed by atoms with E-state index < -0.39 is 36.2 Å². The molecule has 8 N–H and O–H groups in total. The maximum atomic E-state index is 13.2. The van der Waals surface area contributed by atoms with E-state index in [-0.39, 0.29) is 51.8 Å². The molecular weight excluding hydrogens is 610 g/mol. The van der Waals surface area contributed by atoms with Crippen molar-refractivity contribution in [3.8, 4) is 22.6 Å². The molecule has 0 aliphatic carbocycles. The Labute approximate surface area is 270 Å². The second-order valence-electron chi connectivity index (χ2n) is 12.1. The van der Waals surface area contributed by atoms with Crippen LogP contribution in [0.1, 0.15) is 18.9 Å². The Hall–Kier alpha value is -4.24. The summed E-state index contributed by atoms with van der Waals surface area (Å²) in [4.78, 5) is 28.2. The molecule has 7 unspecified atom stereocenters. The molecule has 0 saturated carbocycles. The number of carboxylic acid groups (broad SMARTS) is 1. The van der Waals surface area contributed by atoms with E-state index in [2.05, 4.69) is 22.5 Å². The van der Waals surface area contributed by atoms with Crippen LogP contribution in [0.2, 0.25) is 0 Å². The smallest absolute Gasteiger partial charge is 0.335 e. The Morgan fingerprint density at radius 1 is 1.15 bits per heavy atom. The van der Waals surface area contributed by atoms with Crippen LogP contribution in [0.5, 0.6) is 11.5 Å². The molecule has 1 aliphatic rings. The number of phenols is 1. The summed E-state index contributed by atoms with van der Waals surface area (Å²) in [6.45, 7) is 3.09. The molecule has 0 amide bonds. The Morgan fingerprint density at radius 3 is 2.60 bits per heavy atom. The van der Waals surface area contributed by atoms with Crippen LogP contribution in [-0.4, -0.2) is 93.4 Å². The third-order valence-electron chi connectivity index (χ3n) is 8.86. The van der Waals surface area contributed by atoms with Gasteiger partial charge in [0, 0.05) is 25.0 Å². The molecule has 4 aromatic rings. The molecule has 3 heterocycles. The summed E-state index contributed by atoms with van der Waals surface area (Å²) in [7, 11) is 1.89. The molecule has 0 bridgehead atoms. The second kappa shape index (κ2) is 14.7. The minimum Gasteiger partial charge on any atom is -0.508 e. The van der Waals surface area contributed by atoms with Gasteiger partial charge in [0.05, 0.1) is 10.9 Å². The molecule has 13 nitrogen and oxygen atoms in total. The van der Waals surface area contributed by atoms with Crippen LogP contribution in [0.4, 0.5) is 0 Å². The van der Waals surface area contributed by atoms with Crippen molar-refractivity contribution in [2.24, 2.45) is 11.8 Å². The molecule has 7 atom stereocenters. The molecule has 5 rings (SSSR count). The molecule has 13 heteroatoms. The summed E-state index contributed by atoms with van der Waals surface area (Å²) in [5.74, 6) is -1.02. The summed E-state index contributed by atoms with van der Waals surface area (Å²) < 4.78 is 17.2. The maximum absolute atomic E-state index is 13.2. The number of rotatable bonds is 14. The highest BCUT2D eigenvalue weighted by molar-refractivity contribution is 5.82. The third kappa shape index (κ3) is 7.51. The number of fused-ring (bicyclic) bond motifs is 1. The zero-order valence-corrected chi connectivity index (χ0v) is 26.1. The Bertz CT molecular complexity index is 1690. The van der Waals surface area contributed by atoms with Gasteiger partial charge in [0.1, 0.15) is 35.6 Å². The van der Waals surface area contributed by atoms with Gasteiger partial charge < -0.3 is 55.0 Å². The van der Waals surface area contributed by atoms with E-state index in [4.69, 9.17) is 13.9 Å². The summed E-state index contributed by atoms with van der Waals surface area (Å²) in [6, 6.07) is 12.4. The first-order valence-electron chi connectivity index (χ1n) is 15.5. The van der Waals surface area contributed by atoms with Crippen LogP contribution in [0, 0.1) is 11.8 Å². The standard InChI is InChI=1S/C34H41N3O10/c1-19(9-11-35-2)22(13-20-10-12-36-15-20)16-37-18-34(44)31(41)29(40)30(32(42)43)47-33(34)46-24-7-8-25-27(14-24)45-17-26(28(25)39)21-3-5-23(38)6-4-21/h3-8,10,12,14-15,17,19,22,29-31,33,35-38,40-41,44H,9,11,13,16,18H2,1-2H3,(H,42,43). The van der Waals surface area contributed by atoms with Crippen molar-refractivity contribution in [1.29, 1.82) is 0 Å². The first kappa shape index (κ1) is 34.1. The average Bonchev–Trinajstić information content (AvgIpc) is 3.57. The van der Waals surface area contributed by atoms with Gasteiger partial charge in [0.15, 0.2) is 17.1 Å². The number of hydrogen-bond donors (Lipinski definition) is 8. The van der Waals surface area contributed by atoms with Crippen molar-refractivity contribution in [3.05, 3.63) is 83.0 Å². The Balaban J connectivity index is 1.38. The van der Waals surface area contributed by atoms with Crippen LogP contribution < -0.4 is 20.8 Å². The van der Waals surface area contributed by atoms with Crippen LogP contribution in [0.15, 0.2) is 76.4 Å². The number of carbonyl (C=O) groups is 1. The highest BCUT2D eigenvalue weighted by atomic mass is 16.7. The zero-order chi connectivity index (χ0) is 33.7. The largest absolute Gasteiger partial charge is 0.508 e. The van der Waals surface area contributed by atoms with Crippen molar-refractivity contribution in [2.45, 2.75) is 50.0 Å². The monoisotopic (exact) mass is 651 g/mol. The number of H-pyrrole nitrogens is 1. The third-order valence-corrected chi connectivity index (χ3v) is 8.86. The number of aromatic nitrogens is 1. The fraction of sp³-hybridized carbons (Fsp3) is 0.412. The van der Waals surface area contributed by atoms with E-state index in [0.29, 0.717) is 12.1 Å². The fourth-order valence-corrected chi connectivity index (χ4v) is 5.93. The lowest BCUT2D eigenvalue weighted by atomic mass is 9.84. The van der Waals surface area contributed by atoms with Crippen LogP contribution in [0.3, 0.4) is 0 Å². The number of aromatic amines is 1. The predicted molar refractivity (Wildman–Crippen MR) is 172 cm³/mol. The van der Waals surface area contributed by atoms with Gasteiger partial charge in [-0.3, -0.25) is 4.79 Å². The normalized spacial score (nSPS) is 24.2. The zero-order valence-electron chi connectivity index (χ0n) is 26.1. The fourth-order valence-electron chi connectivity index (χ4n) is 5.93. The number of nitrogens with one attached hydrogen (secondary N) is 3. The highest BCUT2D eigenvalue weighted by Crippen LogP contribution is 2.33. The first-order chi connectivity index (χ1) is 22.5. The molecule has 2 aromatic heterocycles. The minimum absolute atomic E-state index is 0.0548. The first-order valence-corrected chi connectivity index (χ1v) is 15.5. The number of benzene rings is 2. The van der Waals surface area contributed by atoms with Crippen molar-refractivity contribution in [2.75, 3.05) is 26.7 Å². The molecule has 2 aromatic carbocycles. The second-order valence-corrected chi connectivity index (χ2v) is 12.1. The minimum atomic E-state index is -2.28. The lowest BCUT2D eigenvalue weighted by Gasteiger charge is -2.47. The lowest BCUT2D eigenvalue weighted by Crippen LogP contribution is -2.71. The molecule has 47 heavy (non-hydrogen) atoms. The maximum Gasteiger partial charge on any atom is 0.335 e. The van der Waals surface area contributed by atoms with Crippen molar-refractivity contribution >= 4 is 16.9 Å². The van der Waals surface area contributed by atoms with Gasteiger partial charge in [-0.2, -0.15) is 0 Å². The van der Waals surface area contributed by atoms with E-state index in [1.54, 1.807) is 12.1 Å². The van der Waals surface area contributed by atoms with E-state index in [1.165, 1.54) is 36.6 Å². The number of ether oxygens (including phenoxy) is 2. The number of carboxylic acids is 1. The molecule has 252 valence electrons. The Morgan fingerprint density at radius 2 is 1.91 bits per heavy atom. The number of hydrogen-bond acceptors (Lipinski definition) is 11. The summed E-state index contributed by atoms with van der Waals surface area (Å²) >= 11 is 0. The number of aliphatic carboxylic acids is 1. The van der Waals surface area contributed by atoms with Gasteiger partial charge in [0.25, 0.3) is 0 Å². The van der Waals surface area contributed by atoms with Crippen LogP contribution >= 0.6 is 0 Å². The number of aliphatic hydroxyl groups excluding tert-OH is 2. The lowest BCUT2D eigenvalue weighted by molar-refractivity contribution is -0.311. The van der Waals surface area contributed by atoms with Crippen molar-refractivity contribution in [1.82, 2.24) is 15.6 Å². The summed E-state index contributed by atoms with van der Waals surface area (Å²) in [5.41, 5.74) is -0.528. The van der Waals surface area contributed by atoms with Gasteiger partial charge in [-0.1, -0.05) is 19.1 Å². The van der Waals surface area contributed by atoms with E-state index in [0.717, 1.165) is 24.9 Å². The number of phenolic OH excluding ortho intramolecular Hbond substituents is 1. The van der Waals surface area contributed by atoms with E-state index >= 15 is 0 Å². The number of aromatic hydroxyl groups is 1. The molecule has 1 aliphatic heterocycles. The number of aliphatic hydroxyl groups is 3. The van der Waals surface area contributed by atoms with Gasteiger partial charge in [-0.05, 0) is 86.3 Å². The van der Waals surface area contributed by atoms with Gasteiger partial charge in [-0.25, -0.2) is 4.79 Å². The molecule has 1 saturated heterocycles. The van der Waals surface area contributed by atoms with Crippen molar-refractivity contribution < 1.29 is 44.2 Å². The average molecular weight is 652 g/mol. The van der Waals surface area contributed by atoms with Gasteiger partial charge in [-0.15, -0.1) is 0 Å². The summed E-state index contributed by atoms with van der Waals surface area (Å²) in [5, 5.41) is 59.3. The summed E-state index contributed by atoms with van der Waals surface area (Å²) in [6.07, 6.45) is -0.809. The van der Waals surface area contributed by atoms with Crippen LogP contribution in [-0.2, 0) is 16.0 Å². The van der Waals surface area contributed by atoms with E-state index in [9.17, 15) is 35.1 Å². The predicted octanol–water partition coefficient (Wildman–Crippen LogP) is 1.83. The quantitative estimate of drug-likeness (QED) is 0.0983. The van der Waals surface area contributed by atoms with Crippen molar-refractivity contribution in [3.63, 3.8) is 0 Å². The SMILES string of the molecule is CNCCC(C)C(CNCC1(O)C(Oc2ccc3c(=O)c(-c4ccc(O)cc4)coc3c2)OC(C(=O)O)C(O)C1O)Cc1cc[nH]c1. The molecule has 1 fully saturated rings. The van der Waals surface area contributed by atoms with E-state index in [1.807, 2.05) is 25.5 Å².